The Morgan fingerprint density at radius 3 is 2.17 bits per heavy atom. The second-order valence-electron chi connectivity index (χ2n) is 10.1. The number of fused-ring (bicyclic) bond motifs is 2. The monoisotopic (exact) mass is 562 g/mol. The summed E-state index contributed by atoms with van der Waals surface area (Å²) in [5.41, 5.74) is 2.45. The molecule has 1 aromatic carbocycles. The van der Waals surface area contributed by atoms with Gasteiger partial charge in [-0.15, -0.1) is 0 Å². The third-order valence-corrected chi connectivity index (χ3v) is 7.86. The summed E-state index contributed by atoms with van der Waals surface area (Å²) in [5, 5.41) is 21.1. The Balaban J connectivity index is 1.71. The third kappa shape index (κ3) is 4.07. The lowest BCUT2D eigenvalue weighted by atomic mass is 9.84. The fourth-order valence-electron chi connectivity index (χ4n) is 6.07. The van der Waals surface area contributed by atoms with Crippen LogP contribution in [0.1, 0.15) is 18.4 Å². The molecule has 204 valence electrons. The summed E-state index contributed by atoms with van der Waals surface area (Å²) in [7, 11) is 0. The molecule has 0 aromatic heterocycles. The lowest BCUT2D eigenvalue weighted by Crippen LogP contribution is -2.31. The second kappa shape index (κ2) is 9.21. The largest absolute Gasteiger partial charge is 0.416 e. The quantitative estimate of drug-likeness (QED) is 0.282. The molecule has 0 heterocycles. The van der Waals surface area contributed by atoms with Crippen molar-refractivity contribution in [3.05, 3.63) is 127 Å². The molecule has 0 bridgehead atoms. The van der Waals surface area contributed by atoms with Crippen LogP contribution in [0, 0.1) is 34.4 Å². The molecule has 0 N–H and O–H groups in total. The molecule has 9 heteroatoms. The minimum Gasteiger partial charge on any atom is -0.207 e. The smallest absolute Gasteiger partial charge is 0.207 e. The van der Waals surface area contributed by atoms with Gasteiger partial charge >= 0.3 is 12.4 Å². The molecule has 0 aliphatic heterocycles. The van der Waals surface area contributed by atoms with Gasteiger partial charge in [0, 0.05) is 11.1 Å². The number of hydrogen-bond donors (Lipinski definition) is 0. The zero-order valence-electron chi connectivity index (χ0n) is 21.0. The van der Waals surface area contributed by atoms with Gasteiger partial charge in [0.1, 0.15) is 23.5 Å². The molecule has 0 radical (unpaired) electrons. The van der Waals surface area contributed by atoms with Crippen molar-refractivity contribution in [2.45, 2.75) is 31.6 Å². The van der Waals surface area contributed by atoms with E-state index < -0.39 is 29.7 Å². The maximum absolute atomic E-state index is 14.9. The summed E-state index contributed by atoms with van der Waals surface area (Å²) in [5.74, 6) is -2.15. The van der Waals surface area contributed by atoms with Crippen molar-refractivity contribution in [2.75, 3.05) is 0 Å². The van der Waals surface area contributed by atoms with Gasteiger partial charge in [-0.1, -0.05) is 54.7 Å². The molecule has 1 aromatic rings. The van der Waals surface area contributed by atoms with Crippen LogP contribution in [0.2, 0.25) is 0 Å². The average Bonchev–Trinajstić information content (AvgIpc) is 3.44. The van der Waals surface area contributed by atoms with Crippen LogP contribution in [-0.2, 0) is 6.42 Å². The molecule has 5 aliphatic rings. The third-order valence-electron chi connectivity index (χ3n) is 7.86. The average molecular weight is 562 g/mol. The SMILES string of the molecule is N#CC(C#N)=C1C(=C2C=CC(C(F)(F)F)=CC2)C2=c3ccc(F)c4c3=C(C=CC4)C2=C1C1=CCC(C(F)(F)F)C=C1. The Morgan fingerprint density at radius 1 is 0.829 bits per heavy atom. The van der Waals surface area contributed by atoms with E-state index >= 15 is 0 Å². The number of alkyl halides is 6. The number of benzene rings is 1. The van der Waals surface area contributed by atoms with Crippen molar-refractivity contribution < 1.29 is 30.7 Å². The first kappa shape index (κ1) is 26.6. The first-order chi connectivity index (χ1) is 19.5. The lowest BCUT2D eigenvalue weighted by molar-refractivity contribution is -0.160. The first-order valence-electron chi connectivity index (χ1n) is 12.6. The molecule has 5 aliphatic carbocycles. The van der Waals surface area contributed by atoms with E-state index in [0.717, 1.165) is 18.2 Å². The molecule has 6 rings (SSSR count). The second-order valence-corrected chi connectivity index (χ2v) is 10.1. The number of nitriles is 2. The van der Waals surface area contributed by atoms with Crippen molar-refractivity contribution >= 4 is 11.1 Å². The van der Waals surface area contributed by atoms with Gasteiger partial charge in [-0.2, -0.15) is 36.9 Å². The number of allylic oxidation sites excluding steroid dienone is 16. The Labute approximate surface area is 229 Å². The van der Waals surface area contributed by atoms with E-state index in [2.05, 4.69) is 0 Å². The van der Waals surface area contributed by atoms with Gasteiger partial charge in [-0.25, -0.2) is 4.39 Å². The molecule has 1 atom stereocenters. The van der Waals surface area contributed by atoms with Crippen LogP contribution < -0.4 is 10.4 Å². The van der Waals surface area contributed by atoms with Crippen molar-refractivity contribution in [3.8, 4) is 12.1 Å². The van der Waals surface area contributed by atoms with E-state index in [1.54, 1.807) is 18.2 Å². The van der Waals surface area contributed by atoms with Gasteiger partial charge in [-0.05, 0) is 74.8 Å². The van der Waals surface area contributed by atoms with Gasteiger partial charge in [0.25, 0.3) is 0 Å². The Hall–Kier alpha value is -4.63. The normalized spacial score (nSPS) is 22.9. The molecule has 2 nitrogen and oxygen atoms in total. The fraction of sp³-hybridized carbons (Fsp3) is 0.188. The summed E-state index contributed by atoms with van der Waals surface area (Å²) in [4.78, 5) is 0. The predicted molar refractivity (Wildman–Crippen MR) is 137 cm³/mol. The number of hydrogen-bond acceptors (Lipinski definition) is 2. The topological polar surface area (TPSA) is 47.6 Å². The van der Waals surface area contributed by atoms with Crippen molar-refractivity contribution in [3.63, 3.8) is 0 Å². The number of rotatable bonds is 1. The summed E-state index contributed by atoms with van der Waals surface area (Å²) in [6.07, 6.45) is 1.21. The van der Waals surface area contributed by atoms with E-state index in [4.69, 9.17) is 0 Å². The van der Waals surface area contributed by atoms with Crippen LogP contribution in [0.5, 0.6) is 0 Å². The summed E-state index contributed by atoms with van der Waals surface area (Å²) in [6.45, 7) is 0. The molecule has 0 spiro atoms. The van der Waals surface area contributed by atoms with Crippen LogP contribution in [0.4, 0.5) is 30.7 Å². The predicted octanol–water partition coefficient (Wildman–Crippen LogP) is 6.72. The molecule has 0 saturated carbocycles. The molecule has 0 saturated heterocycles. The highest BCUT2D eigenvalue weighted by molar-refractivity contribution is 6.10. The maximum Gasteiger partial charge on any atom is 0.416 e. The molecule has 41 heavy (non-hydrogen) atoms. The van der Waals surface area contributed by atoms with Crippen LogP contribution in [0.25, 0.3) is 11.1 Å². The Morgan fingerprint density at radius 2 is 1.59 bits per heavy atom. The van der Waals surface area contributed by atoms with E-state index in [-0.39, 0.29) is 24.0 Å². The highest BCUT2D eigenvalue weighted by Gasteiger charge is 2.43. The standard InChI is InChI=1S/C32H17F7N2/c33-24-13-12-23-28-21(24)2-1-3-22(28)29-25(16-4-8-19(9-5-16)31(34,35)36)27(18(14-40)15-41)26(30(23)29)17-6-10-20(11-7-17)32(37,38)39/h1,3-6,8,10-13,19H,2,7,9H2. The first-order valence-corrected chi connectivity index (χ1v) is 12.6. The summed E-state index contributed by atoms with van der Waals surface area (Å²) in [6, 6.07) is 6.61. The number of nitrogens with zero attached hydrogens (tertiary/aromatic N) is 2. The van der Waals surface area contributed by atoms with Gasteiger partial charge in [0.2, 0.25) is 0 Å². The molecule has 0 amide bonds. The van der Waals surface area contributed by atoms with Crippen LogP contribution >= 0.6 is 0 Å². The van der Waals surface area contributed by atoms with Gasteiger partial charge in [0.15, 0.2) is 0 Å². The van der Waals surface area contributed by atoms with Gasteiger partial charge in [-0.3, -0.25) is 0 Å². The summed E-state index contributed by atoms with van der Waals surface area (Å²) < 4.78 is 95.4. The van der Waals surface area contributed by atoms with E-state index in [9.17, 15) is 41.3 Å². The molecule has 1 unspecified atom stereocenters. The lowest BCUT2D eigenvalue weighted by Gasteiger charge is -2.21. The molecule has 0 fully saturated rings. The zero-order chi connectivity index (χ0) is 29.3. The van der Waals surface area contributed by atoms with Crippen LogP contribution in [-0.4, -0.2) is 12.4 Å². The van der Waals surface area contributed by atoms with E-state index in [0.29, 0.717) is 61.4 Å². The highest BCUT2D eigenvalue weighted by Crippen LogP contribution is 2.53. The number of halogens is 7. The minimum atomic E-state index is -4.57. The van der Waals surface area contributed by atoms with Crippen LogP contribution in [0.15, 0.2) is 105 Å². The zero-order valence-corrected chi connectivity index (χ0v) is 21.0. The van der Waals surface area contributed by atoms with Gasteiger partial charge < -0.3 is 0 Å². The van der Waals surface area contributed by atoms with E-state index in [1.165, 1.54) is 24.3 Å². The molecular weight excluding hydrogens is 545 g/mol. The maximum atomic E-state index is 14.9. The highest BCUT2D eigenvalue weighted by atomic mass is 19.4. The van der Waals surface area contributed by atoms with Crippen LogP contribution in [0.3, 0.4) is 0 Å². The Kier molecular flexibility index (Phi) is 5.97. The van der Waals surface area contributed by atoms with Crippen molar-refractivity contribution in [1.82, 2.24) is 0 Å². The minimum absolute atomic E-state index is 0.146. The van der Waals surface area contributed by atoms with E-state index in [1.807, 2.05) is 12.1 Å². The summed E-state index contributed by atoms with van der Waals surface area (Å²) >= 11 is 0. The fourth-order valence-corrected chi connectivity index (χ4v) is 6.07. The Bertz CT molecular complexity index is 1880. The van der Waals surface area contributed by atoms with Gasteiger partial charge in [0.05, 0.1) is 11.5 Å². The van der Waals surface area contributed by atoms with Crippen molar-refractivity contribution in [2.24, 2.45) is 5.92 Å². The molecular formula is C32H17F7N2. The van der Waals surface area contributed by atoms with Crippen molar-refractivity contribution in [1.29, 1.82) is 10.5 Å².